The molecule has 13 heteroatoms. The van der Waals surface area contributed by atoms with Gasteiger partial charge in [0, 0.05) is 18.7 Å². The van der Waals surface area contributed by atoms with E-state index in [-0.39, 0.29) is 42.4 Å². The molecule has 3 rings (SSSR count). The lowest BCUT2D eigenvalue weighted by molar-refractivity contribution is -0.139. The monoisotopic (exact) mass is 576 g/mol. The van der Waals surface area contributed by atoms with Gasteiger partial charge < -0.3 is 25.2 Å². The molecule has 0 aliphatic rings. The zero-order chi connectivity index (χ0) is 29.6. The van der Waals surface area contributed by atoms with E-state index >= 15 is 0 Å². The molecule has 2 aromatic carbocycles. The first-order chi connectivity index (χ1) is 18.8. The number of aliphatic hydroxyl groups is 2. The van der Waals surface area contributed by atoms with E-state index in [1.807, 2.05) is 13.8 Å². The van der Waals surface area contributed by atoms with Crippen molar-refractivity contribution in [2.75, 3.05) is 0 Å². The van der Waals surface area contributed by atoms with Crippen molar-refractivity contribution in [3.63, 3.8) is 0 Å². The Morgan fingerprint density at radius 1 is 1.05 bits per heavy atom. The first-order valence-electron chi connectivity index (χ1n) is 12.6. The van der Waals surface area contributed by atoms with E-state index in [4.69, 9.17) is 10.2 Å². The summed E-state index contributed by atoms with van der Waals surface area (Å²) in [4.78, 5) is 28.7. The zero-order valence-electron chi connectivity index (χ0n) is 22.1. The topological polar surface area (TPSA) is 185 Å². The second-order valence-electron chi connectivity index (χ2n) is 9.78. The highest BCUT2D eigenvalue weighted by Gasteiger charge is 2.26. The Bertz CT molecular complexity index is 1440. The molecular formula is C27H33FN4O7S. The van der Waals surface area contributed by atoms with Crippen LogP contribution in [0.15, 0.2) is 53.4 Å². The molecule has 6 N–H and O–H groups in total. The standard InChI is InChI=1S/C27H33FN4O7S/c1-16(2)25-24(27(37)30-15-17-3-9-22(10-4-17)40(29,38)39)31-26(18-5-7-19(28)8-6-18)32(25)12-11-20(33)13-21(34)14-23(35)36/h3-10,16,20-21,33-34H,11-15H2,1-2H3,(H,30,37)(H,35,36)(H2,29,38,39)/t20-,21-/m1/s1. The fourth-order valence-electron chi connectivity index (χ4n) is 4.32. The number of halogens is 1. The minimum atomic E-state index is -3.85. The Morgan fingerprint density at radius 2 is 1.68 bits per heavy atom. The minimum absolute atomic E-state index is 0.0509. The predicted molar refractivity (Wildman–Crippen MR) is 144 cm³/mol. The van der Waals surface area contributed by atoms with Crippen LogP contribution in [0.3, 0.4) is 0 Å². The molecule has 0 fully saturated rings. The second kappa shape index (κ2) is 13.1. The number of carboxylic acid groups (broad SMARTS) is 1. The highest BCUT2D eigenvalue weighted by atomic mass is 32.2. The molecule has 0 aliphatic heterocycles. The number of benzene rings is 2. The number of nitrogens with one attached hydrogen (secondary N) is 1. The molecule has 1 aromatic heterocycles. The first-order valence-corrected chi connectivity index (χ1v) is 14.1. The molecule has 40 heavy (non-hydrogen) atoms. The van der Waals surface area contributed by atoms with Crippen LogP contribution in [0.25, 0.3) is 11.4 Å². The van der Waals surface area contributed by atoms with Gasteiger partial charge in [0.1, 0.15) is 17.3 Å². The number of imidazole rings is 1. The average Bonchev–Trinajstić information content (AvgIpc) is 3.25. The summed E-state index contributed by atoms with van der Waals surface area (Å²) in [6, 6.07) is 11.3. The van der Waals surface area contributed by atoms with E-state index in [1.165, 1.54) is 48.5 Å². The minimum Gasteiger partial charge on any atom is -0.481 e. The van der Waals surface area contributed by atoms with Crippen molar-refractivity contribution < 1.29 is 37.7 Å². The number of carbonyl (C=O) groups excluding carboxylic acids is 1. The molecule has 11 nitrogen and oxygen atoms in total. The molecule has 3 aromatic rings. The number of primary sulfonamides is 1. The highest BCUT2D eigenvalue weighted by molar-refractivity contribution is 7.89. The van der Waals surface area contributed by atoms with Crippen LogP contribution in [0, 0.1) is 5.82 Å². The lowest BCUT2D eigenvalue weighted by atomic mass is 10.0. The van der Waals surface area contributed by atoms with Crippen molar-refractivity contribution in [3.05, 3.63) is 71.3 Å². The molecule has 0 saturated heterocycles. The number of amides is 1. The molecule has 0 radical (unpaired) electrons. The quantitative estimate of drug-likeness (QED) is 0.205. The number of nitrogens with zero attached hydrogens (tertiary/aromatic N) is 2. The van der Waals surface area contributed by atoms with Gasteiger partial charge in [-0.25, -0.2) is 22.9 Å². The van der Waals surface area contributed by atoms with E-state index in [0.29, 0.717) is 22.6 Å². The Kier molecular flexibility index (Phi) is 10.1. The van der Waals surface area contributed by atoms with E-state index in [2.05, 4.69) is 10.3 Å². The van der Waals surface area contributed by atoms with Crippen LogP contribution in [-0.4, -0.2) is 57.4 Å². The Morgan fingerprint density at radius 3 is 2.23 bits per heavy atom. The van der Waals surface area contributed by atoms with Crippen molar-refractivity contribution >= 4 is 21.9 Å². The fourth-order valence-corrected chi connectivity index (χ4v) is 4.84. The van der Waals surface area contributed by atoms with Gasteiger partial charge in [-0.15, -0.1) is 0 Å². The van der Waals surface area contributed by atoms with Crippen LogP contribution in [0.2, 0.25) is 0 Å². The number of carbonyl (C=O) groups is 2. The Balaban J connectivity index is 1.89. The van der Waals surface area contributed by atoms with Gasteiger partial charge in [-0.05, 0) is 60.7 Å². The molecule has 0 bridgehead atoms. The van der Waals surface area contributed by atoms with Gasteiger partial charge in [-0.2, -0.15) is 0 Å². The van der Waals surface area contributed by atoms with Crippen molar-refractivity contribution in [1.29, 1.82) is 0 Å². The number of sulfonamides is 1. The van der Waals surface area contributed by atoms with Crippen molar-refractivity contribution in [3.8, 4) is 11.4 Å². The number of hydrogen-bond acceptors (Lipinski definition) is 7. The van der Waals surface area contributed by atoms with E-state index in [0.717, 1.165) is 0 Å². The number of aromatic nitrogens is 2. The van der Waals surface area contributed by atoms with Crippen LogP contribution in [0.4, 0.5) is 4.39 Å². The summed E-state index contributed by atoms with van der Waals surface area (Å²) in [6.45, 7) is 4.02. The summed E-state index contributed by atoms with van der Waals surface area (Å²) < 4.78 is 38.4. The number of aliphatic hydroxyl groups excluding tert-OH is 2. The summed E-state index contributed by atoms with van der Waals surface area (Å²) in [5.74, 6) is -1.92. The molecular weight excluding hydrogens is 543 g/mol. The van der Waals surface area contributed by atoms with Gasteiger partial charge in [0.25, 0.3) is 5.91 Å². The van der Waals surface area contributed by atoms with Gasteiger partial charge in [0.2, 0.25) is 10.0 Å². The largest absolute Gasteiger partial charge is 0.481 e. The zero-order valence-corrected chi connectivity index (χ0v) is 22.9. The Hall–Kier alpha value is -3.65. The van der Waals surface area contributed by atoms with Gasteiger partial charge in [0.05, 0.1) is 29.2 Å². The predicted octanol–water partition coefficient (Wildman–Crippen LogP) is 2.37. The maximum atomic E-state index is 13.6. The van der Waals surface area contributed by atoms with Crippen molar-refractivity contribution in [2.24, 2.45) is 5.14 Å². The molecule has 0 spiro atoms. The number of hydrogen-bond donors (Lipinski definition) is 5. The number of nitrogens with two attached hydrogens (primary N) is 1. The molecule has 1 heterocycles. The normalized spacial score (nSPS) is 13.3. The SMILES string of the molecule is CC(C)c1c(C(=O)NCc2ccc(S(N)(=O)=O)cc2)nc(-c2ccc(F)cc2)n1CC[C@@H](O)C[C@@H](O)CC(=O)O. The summed E-state index contributed by atoms with van der Waals surface area (Å²) >= 11 is 0. The molecule has 1 amide bonds. The summed E-state index contributed by atoms with van der Waals surface area (Å²) in [7, 11) is -3.85. The van der Waals surface area contributed by atoms with Crippen molar-refractivity contribution in [2.45, 2.75) is 69.2 Å². The highest BCUT2D eigenvalue weighted by Crippen LogP contribution is 2.29. The van der Waals surface area contributed by atoms with E-state index in [1.54, 1.807) is 4.57 Å². The number of aliphatic carboxylic acids is 1. The van der Waals surface area contributed by atoms with Crippen LogP contribution in [0.1, 0.15) is 60.8 Å². The number of rotatable bonds is 13. The van der Waals surface area contributed by atoms with E-state index in [9.17, 15) is 32.6 Å². The maximum absolute atomic E-state index is 13.6. The van der Waals surface area contributed by atoms with E-state index < -0.39 is 46.3 Å². The van der Waals surface area contributed by atoms with Crippen LogP contribution >= 0.6 is 0 Å². The van der Waals surface area contributed by atoms with Crippen molar-refractivity contribution in [1.82, 2.24) is 14.9 Å². The summed E-state index contributed by atoms with van der Waals surface area (Å²) in [5.41, 5.74) is 1.88. The third-order valence-corrected chi connectivity index (χ3v) is 7.15. The molecule has 216 valence electrons. The third-order valence-electron chi connectivity index (χ3n) is 6.22. The molecule has 0 saturated carbocycles. The number of carboxylic acids is 1. The molecule has 0 unspecified atom stereocenters. The second-order valence-corrected chi connectivity index (χ2v) is 11.3. The van der Waals surface area contributed by atoms with Gasteiger partial charge >= 0.3 is 5.97 Å². The summed E-state index contributed by atoms with van der Waals surface area (Å²) in [5, 5.41) is 37.1. The summed E-state index contributed by atoms with van der Waals surface area (Å²) in [6.07, 6.45) is -2.72. The van der Waals surface area contributed by atoms with Crippen LogP contribution < -0.4 is 10.5 Å². The Labute approximate surface area is 231 Å². The average molecular weight is 577 g/mol. The molecule has 2 atom stereocenters. The lowest BCUT2D eigenvalue weighted by Gasteiger charge is -2.19. The van der Waals surface area contributed by atoms with Gasteiger partial charge in [0.15, 0.2) is 0 Å². The van der Waals surface area contributed by atoms with Crippen LogP contribution in [-0.2, 0) is 27.9 Å². The molecule has 0 aliphatic carbocycles. The fraction of sp³-hybridized carbons (Fsp3) is 0.370. The van der Waals surface area contributed by atoms with Crippen LogP contribution in [0.5, 0.6) is 0 Å². The lowest BCUT2D eigenvalue weighted by Crippen LogP contribution is -2.25. The first kappa shape index (κ1) is 30.9. The third kappa shape index (κ3) is 8.18. The van der Waals surface area contributed by atoms with Gasteiger partial charge in [-0.3, -0.25) is 9.59 Å². The smallest absolute Gasteiger partial charge is 0.305 e. The maximum Gasteiger partial charge on any atom is 0.305 e. The van der Waals surface area contributed by atoms with Gasteiger partial charge in [-0.1, -0.05) is 26.0 Å².